The standard InChI is InChI=1S/C9H16O2/c1-3-5-7-8(6-4-2)9(10)11/h3,5,8H,4,6-7H2,1-2H3,(H,10,11)/b5-3-. The van der Waals surface area contributed by atoms with E-state index in [0.717, 1.165) is 12.8 Å². The summed E-state index contributed by atoms with van der Waals surface area (Å²) in [6.07, 6.45) is 6.19. The fourth-order valence-corrected chi connectivity index (χ4v) is 0.991. The molecule has 0 bridgehead atoms. The van der Waals surface area contributed by atoms with E-state index in [2.05, 4.69) is 0 Å². The van der Waals surface area contributed by atoms with E-state index in [1.54, 1.807) is 0 Å². The normalized spacial score (nSPS) is 13.6. The maximum Gasteiger partial charge on any atom is 0.306 e. The molecule has 64 valence electrons. The van der Waals surface area contributed by atoms with Gasteiger partial charge in [-0.1, -0.05) is 25.5 Å². The van der Waals surface area contributed by atoms with E-state index in [1.165, 1.54) is 0 Å². The molecule has 2 heteroatoms. The van der Waals surface area contributed by atoms with Gasteiger partial charge in [0, 0.05) is 0 Å². The van der Waals surface area contributed by atoms with Crippen LogP contribution in [0.5, 0.6) is 0 Å². The Kier molecular flexibility index (Phi) is 5.53. The maximum absolute atomic E-state index is 10.6. The Hall–Kier alpha value is -0.790. The van der Waals surface area contributed by atoms with Gasteiger partial charge >= 0.3 is 5.97 Å². The summed E-state index contributed by atoms with van der Waals surface area (Å²) in [6.45, 7) is 3.91. The van der Waals surface area contributed by atoms with Gasteiger partial charge in [-0.3, -0.25) is 4.79 Å². The first-order chi connectivity index (χ1) is 5.22. The highest BCUT2D eigenvalue weighted by Crippen LogP contribution is 2.11. The van der Waals surface area contributed by atoms with Gasteiger partial charge in [-0.2, -0.15) is 0 Å². The monoisotopic (exact) mass is 156 g/mol. The molecule has 1 atom stereocenters. The lowest BCUT2D eigenvalue weighted by atomic mass is 10.00. The molecular weight excluding hydrogens is 140 g/mol. The molecule has 0 aromatic carbocycles. The van der Waals surface area contributed by atoms with Crippen LogP contribution in [-0.4, -0.2) is 11.1 Å². The molecule has 0 amide bonds. The van der Waals surface area contributed by atoms with Crippen molar-refractivity contribution in [2.45, 2.75) is 33.1 Å². The van der Waals surface area contributed by atoms with Crippen LogP contribution in [-0.2, 0) is 4.79 Å². The minimum atomic E-state index is -0.676. The molecular formula is C9H16O2. The molecule has 1 N–H and O–H groups in total. The fourth-order valence-electron chi connectivity index (χ4n) is 0.991. The molecule has 0 fully saturated rings. The highest BCUT2D eigenvalue weighted by atomic mass is 16.4. The Bertz CT molecular complexity index is 138. The van der Waals surface area contributed by atoms with Gasteiger partial charge in [0.05, 0.1) is 5.92 Å². The van der Waals surface area contributed by atoms with E-state index < -0.39 is 5.97 Å². The molecule has 2 nitrogen and oxygen atoms in total. The Morgan fingerprint density at radius 1 is 1.64 bits per heavy atom. The van der Waals surface area contributed by atoms with E-state index >= 15 is 0 Å². The topological polar surface area (TPSA) is 37.3 Å². The van der Waals surface area contributed by atoms with Gasteiger partial charge in [-0.05, 0) is 19.8 Å². The quantitative estimate of drug-likeness (QED) is 0.621. The van der Waals surface area contributed by atoms with Gasteiger partial charge in [0.2, 0.25) is 0 Å². The first kappa shape index (κ1) is 10.2. The van der Waals surface area contributed by atoms with Gasteiger partial charge in [-0.15, -0.1) is 0 Å². The Labute approximate surface area is 67.9 Å². The number of hydrogen-bond donors (Lipinski definition) is 1. The molecule has 0 aromatic rings. The zero-order valence-corrected chi connectivity index (χ0v) is 7.21. The summed E-state index contributed by atoms with van der Waals surface area (Å²) < 4.78 is 0. The summed E-state index contributed by atoms with van der Waals surface area (Å²) in [5.41, 5.74) is 0. The summed E-state index contributed by atoms with van der Waals surface area (Å²) in [6, 6.07) is 0. The molecule has 0 saturated heterocycles. The predicted molar refractivity (Wildman–Crippen MR) is 45.5 cm³/mol. The van der Waals surface area contributed by atoms with Crippen LogP contribution in [0, 0.1) is 5.92 Å². The van der Waals surface area contributed by atoms with E-state index in [9.17, 15) is 4.79 Å². The Balaban J connectivity index is 3.79. The van der Waals surface area contributed by atoms with E-state index in [1.807, 2.05) is 26.0 Å². The van der Waals surface area contributed by atoms with Crippen molar-refractivity contribution in [1.82, 2.24) is 0 Å². The van der Waals surface area contributed by atoms with Crippen LogP contribution >= 0.6 is 0 Å². The maximum atomic E-state index is 10.6. The number of carboxylic acid groups (broad SMARTS) is 1. The van der Waals surface area contributed by atoms with Crippen LogP contribution in [0.1, 0.15) is 33.1 Å². The summed E-state index contributed by atoms with van der Waals surface area (Å²) in [5, 5.41) is 8.70. The van der Waals surface area contributed by atoms with Crippen LogP contribution in [0.2, 0.25) is 0 Å². The fraction of sp³-hybridized carbons (Fsp3) is 0.667. The average molecular weight is 156 g/mol. The minimum absolute atomic E-state index is 0.184. The second-order valence-corrected chi connectivity index (χ2v) is 2.63. The van der Waals surface area contributed by atoms with Gasteiger partial charge in [0.25, 0.3) is 0 Å². The smallest absolute Gasteiger partial charge is 0.306 e. The van der Waals surface area contributed by atoms with Crippen molar-refractivity contribution in [2.75, 3.05) is 0 Å². The Morgan fingerprint density at radius 2 is 2.27 bits per heavy atom. The van der Waals surface area contributed by atoms with Crippen molar-refractivity contribution in [3.8, 4) is 0 Å². The van der Waals surface area contributed by atoms with Crippen molar-refractivity contribution >= 4 is 5.97 Å². The van der Waals surface area contributed by atoms with Crippen molar-refractivity contribution in [1.29, 1.82) is 0 Å². The molecule has 0 radical (unpaired) electrons. The molecule has 0 heterocycles. The van der Waals surface area contributed by atoms with Crippen LogP contribution in [0.4, 0.5) is 0 Å². The van der Waals surface area contributed by atoms with Crippen LogP contribution in [0.25, 0.3) is 0 Å². The number of carboxylic acids is 1. The summed E-state index contributed by atoms with van der Waals surface area (Å²) in [7, 11) is 0. The van der Waals surface area contributed by atoms with Crippen LogP contribution < -0.4 is 0 Å². The van der Waals surface area contributed by atoms with Crippen LogP contribution in [0.15, 0.2) is 12.2 Å². The van der Waals surface area contributed by atoms with Gasteiger partial charge in [0.15, 0.2) is 0 Å². The van der Waals surface area contributed by atoms with Crippen LogP contribution in [0.3, 0.4) is 0 Å². The van der Waals surface area contributed by atoms with E-state index in [4.69, 9.17) is 5.11 Å². The highest BCUT2D eigenvalue weighted by Gasteiger charge is 2.13. The SMILES string of the molecule is C/C=C\CC(CCC)C(=O)O. The zero-order valence-electron chi connectivity index (χ0n) is 7.21. The summed E-state index contributed by atoms with van der Waals surface area (Å²) in [4.78, 5) is 10.6. The Morgan fingerprint density at radius 3 is 2.64 bits per heavy atom. The first-order valence-corrected chi connectivity index (χ1v) is 4.06. The van der Waals surface area contributed by atoms with Gasteiger partial charge in [0.1, 0.15) is 0 Å². The third kappa shape index (κ3) is 4.59. The number of rotatable bonds is 5. The third-order valence-corrected chi connectivity index (χ3v) is 1.64. The molecule has 11 heavy (non-hydrogen) atoms. The van der Waals surface area contributed by atoms with Gasteiger partial charge in [-0.25, -0.2) is 0 Å². The zero-order chi connectivity index (χ0) is 8.69. The lowest BCUT2D eigenvalue weighted by Crippen LogP contribution is -2.12. The molecule has 0 aliphatic carbocycles. The highest BCUT2D eigenvalue weighted by molar-refractivity contribution is 5.70. The number of carbonyl (C=O) groups is 1. The second kappa shape index (κ2) is 5.96. The molecule has 0 aromatic heterocycles. The molecule has 0 rings (SSSR count). The summed E-state index contributed by atoms with van der Waals surface area (Å²) in [5.74, 6) is -0.860. The number of allylic oxidation sites excluding steroid dienone is 2. The predicted octanol–water partition coefficient (Wildman–Crippen LogP) is 2.45. The lowest BCUT2D eigenvalue weighted by Gasteiger charge is -2.06. The molecule has 0 aliphatic heterocycles. The summed E-state index contributed by atoms with van der Waals surface area (Å²) >= 11 is 0. The second-order valence-electron chi connectivity index (χ2n) is 2.63. The van der Waals surface area contributed by atoms with Gasteiger partial charge < -0.3 is 5.11 Å². The molecule has 0 spiro atoms. The number of hydrogen-bond acceptors (Lipinski definition) is 1. The van der Waals surface area contributed by atoms with E-state index in [0.29, 0.717) is 6.42 Å². The van der Waals surface area contributed by atoms with Crippen molar-refractivity contribution < 1.29 is 9.90 Å². The van der Waals surface area contributed by atoms with Crippen molar-refractivity contribution in [3.05, 3.63) is 12.2 Å². The first-order valence-electron chi connectivity index (χ1n) is 4.06. The molecule has 0 saturated carbocycles. The number of aliphatic carboxylic acids is 1. The van der Waals surface area contributed by atoms with E-state index in [-0.39, 0.29) is 5.92 Å². The largest absolute Gasteiger partial charge is 0.481 e. The minimum Gasteiger partial charge on any atom is -0.481 e. The van der Waals surface area contributed by atoms with Crippen molar-refractivity contribution in [2.24, 2.45) is 5.92 Å². The van der Waals surface area contributed by atoms with Crippen molar-refractivity contribution in [3.63, 3.8) is 0 Å². The molecule has 0 aliphatic rings. The molecule has 1 unspecified atom stereocenters. The lowest BCUT2D eigenvalue weighted by molar-refractivity contribution is -0.141. The third-order valence-electron chi connectivity index (χ3n) is 1.64. The average Bonchev–Trinajstić information content (AvgIpc) is 1.97.